The summed E-state index contributed by atoms with van der Waals surface area (Å²) in [5.74, 6) is -1.10. The number of hydrogen-bond acceptors (Lipinski definition) is 6. The van der Waals surface area contributed by atoms with Crippen LogP contribution in [0.25, 0.3) is 27.5 Å². The molecule has 0 atom stereocenters. The number of rotatable bonds is 6. The van der Waals surface area contributed by atoms with Gasteiger partial charge in [0.2, 0.25) is 5.13 Å². The number of hydrogen-bond donors (Lipinski definition) is 2. The van der Waals surface area contributed by atoms with E-state index in [9.17, 15) is 9.90 Å². The van der Waals surface area contributed by atoms with E-state index in [1.54, 1.807) is 36.9 Å². The number of nitrogens with zero attached hydrogens (tertiary/aromatic N) is 3. The predicted octanol–water partition coefficient (Wildman–Crippen LogP) is 7.37. The number of nitrogen functional groups attached to an aromatic ring is 1. The van der Waals surface area contributed by atoms with Crippen LogP contribution in [0.15, 0.2) is 40.6 Å². The van der Waals surface area contributed by atoms with Crippen molar-refractivity contribution in [2.45, 2.75) is 37.2 Å². The van der Waals surface area contributed by atoms with Gasteiger partial charge in [0.15, 0.2) is 5.69 Å². The summed E-state index contributed by atoms with van der Waals surface area (Å²) >= 11 is 15.4. The minimum atomic E-state index is -1.10. The average molecular weight is 534 g/mol. The van der Waals surface area contributed by atoms with E-state index in [4.69, 9.17) is 33.9 Å². The zero-order valence-corrected chi connectivity index (χ0v) is 22.0. The number of thioether (sulfide) groups is 1. The molecule has 4 aromatic rings. The lowest BCUT2D eigenvalue weighted by Crippen LogP contribution is -2.09. The highest BCUT2D eigenvalue weighted by atomic mass is 35.5. The summed E-state index contributed by atoms with van der Waals surface area (Å²) in [4.78, 5) is 17.3. The molecule has 0 saturated carbocycles. The molecule has 0 aliphatic heterocycles. The predicted molar refractivity (Wildman–Crippen MR) is 142 cm³/mol. The zero-order valence-electron chi connectivity index (χ0n) is 18.9. The first-order valence-corrected chi connectivity index (χ1v) is 12.8. The standard InChI is InChI=1S/C24H22Cl2N4O2S2/c1-11(2)33-23-20(14-5-6-17(25)18(26)10-14)28-24(34-23)30-21(22(31)32)19(13(4)29-30)15-7-12(3)8-16(27)9-15/h5-11H,27H2,1-4H3,(H,31,32). The lowest BCUT2D eigenvalue weighted by molar-refractivity contribution is 0.0688. The van der Waals surface area contributed by atoms with Gasteiger partial charge in [-0.25, -0.2) is 9.78 Å². The first-order chi connectivity index (χ1) is 16.0. The van der Waals surface area contributed by atoms with Crippen LogP contribution in [-0.2, 0) is 0 Å². The van der Waals surface area contributed by atoms with E-state index >= 15 is 0 Å². The van der Waals surface area contributed by atoms with E-state index in [0.717, 1.165) is 15.3 Å². The van der Waals surface area contributed by atoms with Crippen LogP contribution in [-0.4, -0.2) is 31.1 Å². The van der Waals surface area contributed by atoms with Crippen molar-refractivity contribution in [3.05, 3.63) is 63.4 Å². The van der Waals surface area contributed by atoms with Crippen LogP contribution in [0.4, 0.5) is 5.69 Å². The summed E-state index contributed by atoms with van der Waals surface area (Å²) in [6, 6.07) is 10.8. The lowest BCUT2D eigenvalue weighted by atomic mass is 10.0. The molecule has 2 heterocycles. The molecule has 2 aromatic heterocycles. The van der Waals surface area contributed by atoms with Crippen molar-refractivity contribution in [3.8, 4) is 27.5 Å². The van der Waals surface area contributed by atoms with E-state index in [0.29, 0.717) is 48.6 Å². The minimum absolute atomic E-state index is 0.0398. The van der Waals surface area contributed by atoms with Gasteiger partial charge in [-0.15, -0.1) is 11.8 Å². The van der Waals surface area contributed by atoms with Crippen LogP contribution in [0, 0.1) is 13.8 Å². The number of aryl methyl sites for hydroxylation is 2. The van der Waals surface area contributed by atoms with Gasteiger partial charge in [0, 0.05) is 22.1 Å². The van der Waals surface area contributed by atoms with Gasteiger partial charge in [-0.05, 0) is 49.2 Å². The molecule has 0 bridgehead atoms. The second-order valence-electron chi connectivity index (χ2n) is 8.09. The topological polar surface area (TPSA) is 94.0 Å². The van der Waals surface area contributed by atoms with Gasteiger partial charge in [0.05, 0.1) is 25.6 Å². The average Bonchev–Trinajstić information content (AvgIpc) is 3.30. The van der Waals surface area contributed by atoms with Crippen LogP contribution in [0.5, 0.6) is 0 Å². The summed E-state index contributed by atoms with van der Waals surface area (Å²) in [6.45, 7) is 7.88. The Hall–Kier alpha value is -2.52. The highest BCUT2D eigenvalue weighted by Gasteiger charge is 2.27. The molecule has 0 saturated heterocycles. The molecule has 0 amide bonds. The number of carboxylic acids is 1. The Morgan fingerprint density at radius 1 is 1.12 bits per heavy atom. The van der Waals surface area contributed by atoms with E-state index in [1.165, 1.54) is 16.0 Å². The summed E-state index contributed by atoms with van der Waals surface area (Å²) in [7, 11) is 0. The van der Waals surface area contributed by atoms with Gasteiger partial charge in [0.1, 0.15) is 0 Å². The van der Waals surface area contributed by atoms with Gasteiger partial charge in [0.25, 0.3) is 0 Å². The fraction of sp³-hybridized carbons (Fsp3) is 0.208. The molecule has 0 spiro atoms. The quantitative estimate of drug-likeness (QED) is 0.199. The third kappa shape index (κ3) is 4.81. The highest BCUT2D eigenvalue weighted by Crippen LogP contribution is 2.42. The summed E-state index contributed by atoms with van der Waals surface area (Å²) in [6.07, 6.45) is 0. The van der Waals surface area contributed by atoms with Gasteiger partial charge in [-0.1, -0.05) is 60.5 Å². The van der Waals surface area contributed by atoms with Gasteiger partial charge >= 0.3 is 5.97 Å². The maximum atomic E-state index is 12.4. The third-order valence-electron chi connectivity index (χ3n) is 4.95. The van der Waals surface area contributed by atoms with Crippen molar-refractivity contribution >= 4 is 58.0 Å². The van der Waals surface area contributed by atoms with E-state index in [2.05, 4.69) is 18.9 Å². The molecule has 176 valence electrons. The lowest BCUT2D eigenvalue weighted by Gasteiger charge is -2.06. The molecule has 0 radical (unpaired) electrons. The highest BCUT2D eigenvalue weighted by molar-refractivity contribution is 8.01. The van der Waals surface area contributed by atoms with Crippen molar-refractivity contribution in [1.82, 2.24) is 14.8 Å². The van der Waals surface area contributed by atoms with Crippen LogP contribution in [0.1, 0.15) is 35.6 Å². The molecule has 2 aromatic carbocycles. The number of halogens is 2. The molecule has 0 fully saturated rings. The number of nitrogens with two attached hydrogens (primary N) is 1. The summed E-state index contributed by atoms with van der Waals surface area (Å²) < 4.78 is 2.34. The number of carbonyl (C=O) groups is 1. The number of benzene rings is 2. The maximum absolute atomic E-state index is 12.4. The zero-order chi connectivity index (χ0) is 24.7. The van der Waals surface area contributed by atoms with Gasteiger partial charge in [-0.2, -0.15) is 9.78 Å². The fourth-order valence-electron chi connectivity index (χ4n) is 3.67. The van der Waals surface area contributed by atoms with E-state index in [-0.39, 0.29) is 5.69 Å². The Morgan fingerprint density at radius 2 is 1.85 bits per heavy atom. The van der Waals surface area contributed by atoms with Crippen LogP contribution in [0.3, 0.4) is 0 Å². The van der Waals surface area contributed by atoms with Crippen LogP contribution >= 0.6 is 46.3 Å². The number of aromatic nitrogens is 3. The second kappa shape index (κ2) is 9.62. The molecule has 3 N–H and O–H groups in total. The monoisotopic (exact) mass is 532 g/mol. The molecule has 34 heavy (non-hydrogen) atoms. The molecule has 6 nitrogen and oxygen atoms in total. The van der Waals surface area contributed by atoms with Crippen molar-refractivity contribution < 1.29 is 9.90 Å². The minimum Gasteiger partial charge on any atom is -0.476 e. The van der Waals surface area contributed by atoms with E-state index in [1.807, 2.05) is 25.1 Å². The molecule has 4 rings (SSSR count). The molecule has 0 aliphatic rings. The first kappa shape index (κ1) is 24.6. The Kier molecular flexibility index (Phi) is 6.96. The van der Waals surface area contributed by atoms with Gasteiger partial charge < -0.3 is 10.8 Å². The number of anilines is 1. The SMILES string of the molecule is Cc1cc(N)cc(-c2c(C)nn(-c3nc(-c4ccc(Cl)c(Cl)c4)c(SC(C)C)s3)c2C(=O)O)c1. The Labute approximate surface area is 215 Å². The number of aromatic carboxylic acids is 1. The number of thiazole rings is 1. The van der Waals surface area contributed by atoms with Crippen molar-refractivity contribution in [2.75, 3.05) is 5.73 Å². The number of carboxylic acid groups (broad SMARTS) is 1. The molecule has 0 aliphatic carbocycles. The molecule has 10 heteroatoms. The second-order valence-corrected chi connectivity index (χ2v) is 11.7. The maximum Gasteiger partial charge on any atom is 0.355 e. The van der Waals surface area contributed by atoms with E-state index < -0.39 is 5.97 Å². The van der Waals surface area contributed by atoms with Crippen molar-refractivity contribution in [2.24, 2.45) is 0 Å². The molecular weight excluding hydrogens is 511 g/mol. The summed E-state index contributed by atoms with van der Waals surface area (Å²) in [5, 5.41) is 16.4. The smallest absolute Gasteiger partial charge is 0.355 e. The summed E-state index contributed by atoms with van der Waals surface area (Å²) in [5.41, 5.74) is 10.9. The Bertz CT molecular complexity index is 1390. The molecule has 0 unspecified atom stereocenters. The van der Waals surface area contributed by atoms with Crippen molar-refractivity contribution in [1.29, 1.82) is 0 Å². The Morgan fingerprint density at radius 3 is 2.47 bits per heavy atom. The van der Waals surface area contributed by atoms with Gasteiger partial charge in [-0.3, -0.25) is 0 Å². The first-order valence-electron chi connectivity index (χ1n) is 10.4. The van der Waals surface area contributed by atoms with Crippen molar-refractivity contribution in [3.63, 3.8) is 0 Å². The largest absolute Gasteiger partial charge is 0.476 e. The van der Waals surface area contributed by atoms with Crippen LogP contribution in [0.2, 0.25) is 10.0 Å². The molecular formula is C24H22Cl2N4O2S2. The Balaban J connectivity index is 1.93. The third-order valence-corrected chi connectivity index (χ3v) is 7.94. The van der Waals surface area contributed by atoms with Crippen LogP contribution < -0.4 is 5.73 Å². The normalized spacial score (nSPS) is 11.4. The fourth-order valence-corrected chi connectivity index (χ4v) is 6.45.